The molecule has 0 radical (unpaired) electrons. The van der Waals surface area contributed by atoms with Gasteiger partial charge in [-0.25, -0.2) is 14.4 Å². The van der Waals surface area contributed by atoms with E-state index in [4.69, 9.17) is 5.73 Å². The van der Waals surface area contributed by atoms with Gasteiger partial charge in [0.25, 0.3) is 0 Å². The highest BCUT2D eigenvalue weighted by Crippen LogP contribution is 2.38. The largest absolute Gasteiger partial charge is 0.382 e. The molecule has 0 unspecified atom stereocenters. The molecule has 0 fully saturated rings. The fourth-order valence-electron chi connectivity index (χ4n) is 3.38. The lowest BCUT2D eigenvalue weighted by molar-refractivity contribution is 0.628. The molecule has 3 heterocycles. The predicted molar refractivity (Wildman–Crippen MR) is 108 cm³/mol. The van der Waals surface area contributed by atoms with Gasteiger partial charge in [-0.2, -0.15) is 0 Å². The molecule has 0 saturated carbocycles. The number of halogens is 1. The highest BCUT2D eigenvalue weighted by Gasteiger charge is 2.18. The average Bonchev–Trinajstić information content (AvgIpc) is 2.74. The number of fused-ring (bicyclic) bond motifs is 2. The van der Waals surface area contributed by atoms with E-state index in [1.165, 1.54) is 12.1 Å². The summed E-state index contributed by atoms with van der Waals surface area (Å²) in [6, 6.07) is 14.2. The van der Waals surface area contributed by atoms with Gasteiger partial charge in [0.1, 0.15) is 16.9 Å². The van der Waals surface area contributed by atoms with Gasteiger partial charge in [0.05, 0.1) is 5.69 Å². The third-order valence-electron chi connectivity index (χ3n) is 4.69. The second-order valence-corrected chi connectivity index (χ2v) is 6.42. The summed E-state index contributed by atoms with van der Waals surface area (Å²) in [5.74, 6) is -0.0202. The van der Waals surface area contributed by atoms with Gasteiger partial charge in [-0.1, -0.05) is 12.1 Å². The van der Waals surface area contributed by atoms with Crippen LogP contribution in [0, 0.1) is 5.82 Å². The van der Waals surface area contributed by atoms with E-state index in [1.807, 2.05) is 24.4 Å². The minimum absolute atomic E-state index is 0.288. The topological polar surface area (TPSA) is 77.6 Å². The first-order valence-corrected chi connectivity index (χ1v) is 8.71. The van der Waals surface area contributed by atoms with Gasteiger partial charge < -0.3 is 5.73 Å². The smallest absolute Gasteiger partial charge is 0.152 e. The molecule has 6 heteroatoms. The molecule has 0 spiro atoms. The zero-order valence-corrected chi connectivity index (χ0v) is 14.7. The van der Waals surface area contributed by atoms with E-state index < -0.39 is 0 Å². The summed E-state index contributed by atoms with van der Waals surface area (Å²) in [6.45, 7) is 0. The van der Waals surface area contributed by atoms with Crippen LogP contribution in [-0.2, 0) is 0 Å². The number of anilines is 1. The monoisotopic (exact) mass is 367 g/mol. The van der Waals surface area contributed by atoms with E-state index in [-0.39, 0.29) is 11.6 Å². The summed E-state index contributed by atoms with van der Waals surface area (Å²) in [4.78, 5) is 17.7. The minimum atomic E-state index is -0.308. The van der Waals surface area contributed by atoms with Crippen LogP contribution in [0.25, 0.3) is 44.2 Å². The molecule has 5 rings (SSSR count). The van der Waals surface area contributed by atoms with Crippen LogP contribution in [-0.4, -0.2) is 19.9 Å². The fourth-order valence-corrected chi connectivity index (χ4v) is 3.38. The zero-order valence-electron chi connectivity index (χ0n) is 14.7. The van der Waals surface area contributed by atoms with Crippen molar-refractivity contribution in [2.45, 2.75) is 0 Å². The van der Waals surface area contributed by atoms with Gasteiger partial charge >= 0.3 is 0 Å². The fraction of sp³-hybridized carbons (Fsp3) is 0. The molecule has 134 valence electrons. The number of nitrogens with zero attached hydrogens (tertiary/aromatic N) is 4. The maximum atomic E-state index is 13.5. The summed E-state index contributed by atoms with van der Waals surface area (Å²) < 4.78 is 13.5. The highest BCUT2D eigenvalue weighted by molar-refractivity contribution is 6.04. The van der Waals surface area contributed by atoms with E-state index in [0.29, 0.717) is 16.7 Å². The van der Waals surface area contributed by atoms with Crippen molar-refractivity contribution in [3.05, 3.63) is 79.1 Å². The average molecular weight is 367 g/mol. The number of nitrogen functional groups attached to an aromatic ring is 1. The van der Waals surface area contributed by atoms with E-state index in [2.05, 4.69) is 26.0 Å². The Morgan fingerprint density at radius 1 is 0.750 bits per heavy atom. The number of pyridine rings is 2. The molecule has 0 amide bonds. The van der Waals surface area contributed by atoms with E-state index in [9.17, 15) is 4.39 Å². The summed E-state index contributed by atoms with van der Waals surface area (Å²) >= 11 is 0. The minimum Gasteiger partial charge on any atom is -0.382 e. The van der Waals surface area contributed by atoms with Crippen LogP contribution in [0.15, 0.2) is 73.3 Å². The third-order valence-corrected chi connectivity index (χ3v) is 4.69. The molecule has 3 aromatic heterocycles. The van der Waals surface area contributed by atoms with Crippen molar-refractivity contribution in [1.29, 1.82) is 0 Å². The zero-order chi connectivity index (χ0) is 19.1. The summed E-state index contributed by atoms with van der Waals surface area (Å²) in [5, 5.41) is 2.08. The first kappa shape index (κ1) is 16.3. The molecule has 2 N–H and O–H groups in total. The van der Waals surface area contributed by atoms with Crippen molar-refractivity contribution >= 4 is 27.6 Å². The molecule has 5 nitrogen and oxygen atoms in total. The molecular weight excluding hydrogens is 353 g/mol. The highest BCUT2D eigenvalue weighted by atomic mass is 19.1. The van der Waals surface area contributed by atoms with Crippen LogP contribution in [0.2, 0.25) is 0 Å². The Balaban J connectivity index is 1.87. The first-order chi connectivity index (χ1) is 13.7. The van der Waals surface area contributed by atoms with Crippen LogP contribution < -0.4 is 5.73 Å². The van der Waals surface area contributed by atoms with Crippen molar-refractivity contribution in [1.82, 2.24) is 19.9 Å². The Morgan fingerprint density at radius 3 is 2.32 bits per heavy atom. The molecule has 0 aliphatic carbocycles. The number of hydrogen-bond acceptors (Lipinski definition) is 5. The maximum absolute atomic E-state index is 13.5. The molecule has 0 aliphatic heterocycles. The predicted octanol–water partition coefficient (Wildman–Crippen LogP) is 4.63. The number of benzene rings is 2. The van der Waals surface area contributed by atoms with E-state index in [1.54, 1.807) is 30.7 Å². The van der Waals surface area contributed by atoms with Crippen LogP contribution in [0.4, 0.5) is 10.2 Å². The number of hydrogen-bond donors (Lipinski definition) is 1. The Kier molecular flexibility index (Phi) is 3.69. The second kappa shape index (κ2) is 6.35. The Labute approximate surface area is 159 Å². The quantitative estimate of drug-likeness (QED) is 0.492. The van der Waals surface area contributed by atoms with E-state index >= 15 is 0 Å². The van der Waals surface area contributed by atoms with Crippen molar-refractivity contribution in [2.24, 2.45) is 0 Å². The molecule has 0 bridgehead atoms. The number of rotatable bonds is 2. The van der Waals surface area contributed by atoms with E-state index in [0.717, 1.165) is 27.5 Å². The molecule has 2 aromatic carbocycles. The lowest BCUT2D eigenvalue weighted by atomic mass is 9.96. The van der Waals surface area contributed by atoms with Crippen LogP contribution in [0.3, 0.4) is 0 Å². The van der Waals surface area contributed by atoms with Crippen LogP contribution in [0.1, 0.15) is 0 Å². The molecule has 0 saturated heterocycles. The second-order valence-electron chi connectivity index (χ2n) is 6.42. The van der Waals surface area contributed by atoms with Gasteiger partial charge in [0.2, 0.25) is 0 Å². The number of aromatic nitrogens is 4. The third kappa shape index (κ3) is 2.63. The normalized spacial score (nSPS) is 11.2. The molecule has 0 atom stereocenters. The van der Waals surface area contributed by atoms with Gasteiger partial charge in [-0.3, -0.25) is 9.97 Å². The molecule has 28 heavy (non-hydrogen) atoms. The van der Waals surface area contributed by atoms with Crippen molar-refractivity contribution in [3.8, 4) is 22.4 Å². The first-order valence-electron chi connectivity index (χ1n) is 8.71. The Hall–Kier alpha value is -3.93. The summed E-state index contributed by atoms with van der Waals surface area (Å²) in [5.41, 5.74) is 10.5. The summed E-state index contributed by atoms with van der Waals surface area (Å²) in [6.07, 6.45) is 6.80. The Morgan fingerprint density at radius 2 is 1.50 bits per heavy atom. The maximum Gasteiger partial charge on any atom is 0.152 e. The van der Waals surface area contributed by atoms with Crippen molar-refractivity contribution in [3.63, 3.8) is 0 Å². The van der Waals surface area contributed by atoms with Crippen LogP contribution >= 0.6 is 0 Å². The van der Waals surface area contributed by atoms with Crippen LogP contribution in [0.5, 0.6) is 0 Å². The Bertz CT molecular complexity index is 1330. The lowest BCUT2D eigenvalue weighted by Crippen LogP contribution is -2.01. The van der Waals surface area contributed by atoms with Gasteiger partial charge in [-0.05, 0) is 47.3 Å². The molecular formula is C22H14FN5. The number of nitrogens with two attached hydrogens (primary N) is 1. The molecule has 5 aromatic rings. The standard InChI is InChI=1S/C22H14FN5/c23-17-5-3-13(4-6-17)19-18(20-21(22(24)28-19)27-10-9-26-20)15-1-2-16-12-25-8-7-14(16)11-15/h1-12H,(H2,24,28). The van der Waals surface area contributed by atoms with Crippen molar-refractivity contribution < 1.29 is 4.39 Å². The van der Waals surface area contributed by atoms with Crippen molar-refractivity contribution in [2.75, 3.05) is 5.73 Å². The van der Waals surface area contributed by atoms with Gasteiger partial charge in [0.15, 0.2) is 5.82 Å². The van der Waals surface area contributed by atoms with Gasteiger partial charge in [-0.15, -0.1) is 0 Å². The SMILES string of the molecule is Nc1nc(-c2ccc(F)cc2)c(-c2ccc3cnccc3c2)c2nccnc12. The summed E-state index contributed by atoms with van der Waals surface area (Å²) in [7, 11) is 0. The lowest BCUT2D eigenvalue weighted by Gasteiger charge is -2.14. The molecule has 0 aliphatic rings. The van der Waals surface area contributed by atoms with Gasteiger partial charge in [0, 0.05) is 41.3 Å².